The van der Waals surface area contributed by atoms with E-state index in [1.807, 2.05) is 0 Å². The lowest BCUT2D eigenvalue weighted by atomic mass is 9.93. The summed E-state index contributed by atoms with van der Waals surface area (Å²) >= 11 is 6.18. The lowest BCUT2D eigenvalue weighted by Gasteiger charge is -2.36. The number of anilines is 3. The van der Waals surface area contributed by atoms with Crippen LogP contribution in [0.4, 0.5) is 35.4 Å². The van der Waals surface area contributed by atoms with Gasteiger partial charge in [0.05, 0.1) is 23.4 Å². The van der Waals surface area contributed by atoms with E-state index in [1.54, 1.807) is 24.3 Å². The maximum absolute atomic E-state index is 13.3. The minimum absolute atomic E-state index is 0.00214. The van der Waals surface area contributed by atoms with Crippen molar-refractivity contribution in [3.8, 4) is 0 Å². The van der Waals surface area contributed by atoms with Gasteiger partial charge in [0.25, 0.3) is 0 Å². The maximum Gasteiger partial charge on any atom is 0.406 e. The Morgan fingerprint density at radius 3 is 2.58 bits per heavy atom. The molecule has 4 rings (SSSR count). The van der Waals surface area contributed by atoms with E-state index in [0.717, 1.165) is 0 Å². The van der Waals surface area contributed by atoms with Crippen molar-refractivity contribution >= 4 is 35.1 Å². The molecule has 1 aromatic heterocycles. The average Bonchev–Trinajstić information content (AvgIpc) is 2.72. The van der Waals surface area contributed by atoms with Crippen LogP contribution in [0.3, 0.4) is 0 Å². The molecule has 166 valence electrons. The van der Waals surface area contributed by atoms with E-state index >= 15 is 0 Å². The van der Waals surface area contributed by atoms with Crippen LogP contribution in [0, 0.1) is 0 Å². The number of carbonyl (C=O) groups is 1. The van der Waals surface area contributed by atoms with Crippen molar-refractivity contribution in [3.05, 3.63) is 41.0 Å². The number of alkyl halides is 3. The molecular formula is C20H21ClF3N5O2. The van der Waals surface area contributed by atoms with Crippen LogP contribution in [-0.4, -0.2) is 46.0 Å². The predicted octanol–water partition coefficient (Wildman–Crippen LogP) is 4.35. The van der Waals surface area contributed by atoms with Crippen LogP contribution in [0.1, 0.15) is 31.2 Å². The molecule has 0 saturated heterocycles. The van der Waals surface area contributed by atoms with Crippen molar-refractivity contribution in [3.63, 3.8) is 0 Å². The third-order valence-corrected chi connectivity index (χ3v) is 5.72. The van der Waals surface area contributed by atoms with Crippen molar-refractivity contribution in [2.24, 2.45) is 0 Å². The Kier molecular flexibility index (Phi) is 5.94. The molecule has 1 aliphatic carbocycles. The zero-order valence-electron chi connectivity index (χ0n) is 16.4. The molecule has 0 unspecified atom stereocenters. The molecule has 0 spiro atoms. The van der Waals surface area contributed by atoms with E-state index in [0.29, 0.717) is 41.8 Å². The molecule has 1 fully saturated rings. The van der Waals surface area contributed by atoms with Crippen LogP contribution in [0.15, 0.2) is 30.5 Å². The van der Waals surface area contributed by atoms with Gasteiger partial charge in [0.1, 0.15) is 12.4 Å². The van der Waals surface area contributed by atoms with Crippen molar-refractivity contribution in [2.75, 3.05) is 21.7 Å². The second-order valence-corrected chi connectivity index (χ2v) is 8.12. The molecule has 2 aliphatic rings. The van der Waals surface area contributed by atoms with Gasteiger partial charge in [0.15, 0.2) is 0 Å². The van der Waals surface area contributed by atoms with Crippen LogP contribution in [0.5, 0.6) is 0 Å². The van der Waals surface area contributed by atoms with Gasteiger partial charge in [-0.3, -0.25) is 9.80 Å². The third kappa shape index (κ3) is 4.85. The van der Waals surface area contributed by atoms with Crippen LogP contribution in [0.2, 0.25) is 5.02 Å². The predicted molar refractivity (Wildman–Crippen MR) is 110 cm³/mol. The zero-order valence-corrected chi connectivity index (χ0v) is 17.2. The van der Waals surface area contributed by atoms with Gasteiger partial charge in [-0.25, -0.2) is 9.78 Å². The van der Waals surface area contributed by atoms with Gasteiger partial charge >= 0.3 is 12.2 Å². The van der Waals surface area contributed by atoms with Crippen molar-refractivity contribution < 1.29 is 23.1 Å². The number of amides is 2. The molecule has 2 aromatic rings. The standard InChI is InChI=1S/C20H21ClF3N5O2/c21-15-3-1-2-4-16(15)28-10-12-9-25-18(26-13-5-7-14(30)8-6-13)27-17(12)29(19(28)31)11-20(22,23)24/h1-4,9,13-14,30H,5-8,10-11H2,(H,25,26,27)/t13-,14-. The Hall–Kier alpha value is -2.59. The number of nitrogens with one attached hydrogen (secondary N) is 1. The fourth-order valence-electron chi connectivity index (χ4n) is 3.87. The number of nitrogens with zero attached hydrogens (tertiary/aromatic N) is 4. The topological polar surface area (TPSA) is 81.6 Å². The molecule has 2 N–H and O–H groups in total. The number of fused-ring (bicyclic) bond motifs is 1. The fourth-order valence-corrected chi connectivity index (χ4v) is 4.11. The highest BCUT2D eigenvalue weighted by Crippen LogP contribution is 2.36. The number of benzene rings is 1. The van der Waals surface area contributed by atoms with E-state index in [1.165, 1.54) is 11.1 Å². The lowest BCUT2D eigenvalue weighted by Crippen LogP contribution is -2.51. The van der Waals surface area contributed by atoms with Gasteiger partial charge in [-0.15, -0.1) is 0 Å². The summed E-state index contributed by atoms with van der Waals surface area (Å²) in [6, 6.07) is 5.62. The first kappa shape index (κ1) is 21.6. The number of hydrogen-bond acceptors (Lipinski definition) is 5. The molecule has 2 amide bonds. The summed E-state index contributed by atoms with van der Waals surface area (Å²) in [5, 5.41) is 13.0. The molecular weight excluding hydrogens is 435 g/mol. The number of aliphatic hydroxyl groups is 1. The number of hydrogen-bond donors (Lipinski definition) is 2. The van der Waals surface area contributed by atoms with Crippen LogP contribution in [-0.2, 0) is 6.54 Å². The van der Waals surface area contributed by atoms with E-state index in [4.69, 9.17) is 11.6 Å². The van der Waals surface area contributed by atoms with Gasteiger partial charge < -0.3 is 10.4 Å². The quantitative estimate of drug-likeness (QED) is 0.716. The molecule has 11 heteroatoms. The van der Waals surface area contributed by atoms with E-state index in [2.05, 4.69) is 15.3 Å². The first-order valence-electron chi connectivity index (χ1n) is 9.92. The van der Waals surface area contributed by atoms with E-state index in [9.17, 15) is 23.1 Å². The highest BCUT2D eigenvalue weighted by molar-refractivity contribution is 6.34. The molecule has 0 atom stereocenters. The summed E-state index contributed by atoms with van der Waals surface area (Å²) in [6.07, 6.45) is -0.850. The molecule has 1 aliphatic heterocycles. The molecule has 1 saturated carbocycles. The zero-order chi connectivity index (χ0) is 22.2. The maximum atomic E-state index is 13.3. The van der Waals surface area contributed by atoms with Gasteiger partial charge in [0.2, 0.25) is 5.95 Å². The molecule has 2 heterocycles. The Bertz CT molecular complexity index is 966. The first-order valence-corrected chi connectivity index (χ1v) is 10.3. The highest BCUT2D eigenvalue weighted by Gasteiger charge is 2.41. The third-order valence-electron chi connectivity index (χ3n) is 5.40. The number of carbonyl (C=O) groups excluding carboxylic acids is 1. The number of rotatable bonds is 4. The minimum atomic E-state index is -4.62. The van der Waals surface area contributed by atoms with Gasteiger partial charge in [-0.1, -0.05) is 23.7 Å². The Labute approximate surface area is 181 Å². The van der Waals surface area contributed by atoms with Crippen LogP contribution >= 0.6 is 11.6 Å². The normalized spacial score (nSPS) is 21.8. The Morgan fingerprint density at radius 1 is 1.19 bits per heavy atom. The van der Waals surface area contributed by atoms with Gasteiger partial charge in [-0.2, -0.15) is 18.2 Å². The minimum Gasteiger partial charge on any atom is -0.393 e. The number of aliphatic hydroxyl groups excluding tert-OH is 1. The van der Waals surface area contributed by atoms with Crippen molar-refractivity contribution in [2.45, 2.75) is 50.6 Å². The van der Waals surface area contributed by atoms with Crippen molar-refractivity contribution in [1.82, 2.24) is 9.97 Å². The lowest BCUT2D eigenvalue weighted by molar-refractivity contribution is -0.118. The Balaban J connectivity index is 1.65. The van der Waals surface area contributed by atoms with Crippen molar-refractivity contribution in [1.29, 1.82) is 0 Å². The molecule has 1 aromatic carbocycles. The summed E-state index contributed by atoms with van der Waals surface area (Å²) in [6.45, 7) is -1.48. The molecule has 0 bridgehead atoms. The number of para-hydroxylation sites is 1. The number of aromatic nitrogens is 2. The summed E-state index contributed by atoms with van der Waals surface area (Å²) in [4.78, 5) is 23.3. The summed E-state index contributed by atoms with van der Waals surface area (Å²) in [7, 11) is 0. The monoisotopic (exact) mass is 455 g/mol. The largest absolute Gasteiger partial charge is 0.406 e. The summed E-state index contributed by atoms with van der Waals surface area (Å²) < 4.78 is 39.9. The molecule has 31 heavy (non-hydrogen) atoms. The van der Waals surface area contributed by atoms with Crippen LogP contribution in [0.25, 0.3) is 0 Å². The fraction of sp³-hybridized carbons (Fsp3) is 0.450. The highest BCUT2D eigenvalue weighted by atomic mass is 35.5. The number of urea groups is 1. The average molecular weight is 456 g/mol. The SMILES string of the molecule is O=C1N(c2ccccc2Cl)Cc2cnc(N[C@H]3CC[C@H](O)CC3)nc2N1CC(F)(F)F. The van der Waals surface area contributed by atoms with E-state index < -0.39 is 18.8 Å². The number of halogens is 4. The summed E-state index contributed by atoms with van der Waals surface area (Å²) in [5.41, 5.74) is 0.698. The summed E-state index contributed by atoms with van der Waals surface area (Å²) in [5.74, 6) is 0.0882. The second-order valence-electron chi connectivity index (χ2n) is 7.71. The Morgan fingerprint density at radius 2 is 1.90 bits per heavy atom. The first-order chi connectivity index (χ1) is 14.7. The molecule has 7 nitrogen and oxygen atoms in total. The van der Waals surface area contributed by atoms with Crippen LogP contribution < -0.4 is 15.1 Å². The second kappa shape index (κ2) is 8.51. The molecule has 0 radical (unpaired) electrons. The van der Waals surface area contributed by atoms with Gasteiger partial charge in [0, 0.05) is 17.8 Å². The van der Waals surface area contributed by atoms with E-state index in [-0.39, 0.29) is 35.5 Å². The smallest absolute Gasteiger partial charge is 0.393 e. The van der Waals surface area contributed by atoms with Gasteiger partial charge in [-0.05, 0) is 37.8 Å².